The van der Waals surface area contributed by atoms with E-state index >= 15 is 0 Å². The minimum Gasteiger partial charge on any atom is -0.356 e. The number of carbonyl (C=O) groups excluding carboxylic acids is 2. The molecule has 0 saturated heterocycles. The molecule has 9 heteroatoms. The molecule has 6 nitrogen and oxygen atoms in total. The van der Waals surface area contributed by atoms with Crippen LogP contribution in [0.15, 0.2) is 48.7 Å². The molecule has 1 fully saturated rings. The van der Waals surface area contributed by atoms with E-state index in [4.69, 9.17) is 0 Å². The first-order valence-electron chi connectivity index (χ1n) is 10.8. The number of ketones is 1. The van der Waals surface area contributed by atoms with E-state index in [2.05, 4.69) is 20.6 Å². The number of aromatic amines is 1. The number of nitrogens with one attached hydrogen (secondary N) is 3. The van der Waals surface area contributed by atoms with Crippen LogP contribution in [0.25, 0.3) is 11.3 Å². The van der Waals surface area contributed by atoms with E-state index in [1.165, 1.54) is 6.20 Å². The molecule has 1 amide bonds. The molecule has 2 unspecified atom stereocenters. The first-order chi connectivity index (χ1) is 15.8. The summed E-state index contributed by atoms with van der Waals surface area (Å²) in [6.45, 7) is 0. The minimum atomic E-state index is -4.37. The van der Waals surface area contributed by atoms with Gasteiger partial charge in [0, 0.05) is 29.6 Å². The topological polar surface area (TPSA) is 86.9 Å². The summed E-state index contributed by atoms with van der Waals surface area (Å²) in [5.41, 5.74) is 4.24. The van der Waals surface area contributed by atoms with Gasteiger partial charge in [-0.05, 0) is 43.5 Å². The van der Waals surface area contributed by atoms with Gasteiger partial charge in [-0.15, -0.1) is 0 Å². The summed E-state index contributed by atoms with van der Waals surface area (Å²) in [4.78, 5) is 32.4. The molecule has 2 aliphatic rings. The molecule has 1 saturated carbocycles. The SMILES string of the molecule is O=C1CCCc2[nH]c(-c3ccnc(NC(=O)C4CC4C(F)(F)F)c3)c(Nc3ccccc3)c21. The zero-order chi connectivity index (χ0) is 23.2. The second-order valence-corrected chi connectivity index (χ2v) is 8.41. The first kappa shape index (κ1) is 21.2. The van der Waals surface area contributed by atoms with Gasteiger partial charge in [-0.25, -0.2) is 4.98 Å². The molecular formula is C24H21F3N4O2. The third-order valence-corrected chi connectivity index (χ3v) is 6.08. The Balaban J connectivity index is 1.46. The van der Waals surface area contributed by atoms with Gasteiger partial charge in [0.1, 0.15) is 5.82 Å². The second-order valence-electron chi connectivity index (χ2n) is 8.41. The van der Waals surface area contributed by atoms with Crippen molar-refractivity contribution in [1.82, 2.24) is 9.97 Å². The predicted molar refractivity (Wildman–Crippen MR) is 117 cm³/mol. The summed E-state index contributed by atoms with van der Waals surface area (Å²) in [6, 6.07) is 12.8. The van der Waals surface area contributed by atoms with Gasteiger partial charge in [-0.3, -0.25) is 9.59 Å². The van der Waals surface area contributed by atoms with Crippen molar-refractivity contribution in [3.05, 3.63) is 59.9 Å². The predicted octanol–water partition coefficient (Wildman–Crippen LogP) is 5.48. The maximum atomic E-state index is 12.8. The van der Waals surface area contributed by atoms with Gasteiger partial charge in [0.2, 0.25) is 5.91 Å². The lowest BCUT2D eigenvalue weighted by Crippen LogP contribution is -2.20. The van der Waals surface area contributed by atoms with Crippen LogP contribution in [0.1, 0.15) is 35.3 Å². The van der Waals surface area contributed by atoms with E-state index in [1.54, 1.807) is 12.1 Å². The minimum absolute atomic E-state index is 0.0479. The fraction of sp³-hybridized carbons (Fsp3) is 0.292. The summed E-state index contributed by atoms with van der Waals surface area (Å²) in [6.07, 6.45) is -1.13. The van der Waals surface area contributed by atoms with Crippen LogP contribution >= 0.6 is 0 Å². The molecule has 2 atom stereocenters. The molecule has 0 radical (unpaired) electrons. The van der Waals surface area contributed by atoms with Crippen molar-refractivity contribution in [2.45, 2.75) is 31.9 Å². The quantitative estimate of drug-likeness (QED) is 0.477. The highest BCUT2D eigenvalue weighted by atomic mass is 19.4. The number of fused-ring (bicyclic) bond motifs is 1. The molecule has 3 N–H and O–H groups in total. The van der Waals surface area contributed by atoms with E-state index in [1.807, 2.05) is 30.3 Å². The van der Waals surface area contributed by atoms with Gasteiger partial charge >= 0.3 is 6.18 Å². The van der Waals surface area contributed by atoms with Gasteiger partial charge in [0.25, 0.3) is 0 Å². The highest BCUT2D eigenvalue weighted by Gasteiger charge is 2.58. The van der Waals surface area contributed by atoms with Crippen molar-refractivity contribution in [3.8, 4) is 11.3 Å². The van der Waals surface area contributed by atoms with Crippen LogP contribution in [0.4, 0.5) is 30.4 Å². The number of hydrogen-bond acceptors (Lipinski definition) is 4. The fourth-order valence-electron chi connectivity index (χ4n) is 4.32. The Morgan fingerprint density at radius 2 is 1.91 bits per heavy atom. The Kier molecular flexibility index (Phi) is 5.19. The number of carbonyl (C=O) groups is 2. The number of alkyl halides is 3. The molecule has 0 spiro atoms. The van der Waals surface area contributed by atoms with Crippen LogP contribution in [0.5, 0.6) is 0 Å². The van der Waals surface area contributed by atoms with Crippen molar-refractivity contribution >= 4 is 28.9 Å². The number of benzene rings is 1. The van der Waals surface area contributed by atoms with E-state index in [-0.39, 0.29) is 18.0 Å². The summed E-state index contributed by atoms with van der Waals surface area (Å²) in [5, 5.41) is 5.84. The van der Waals surface area contributed by atoms with Gasteiger partial charge in [-0.2, -0.15) is 13.2 Å². The molecule has 3 aromatic rings. The number of pyridine rings is 1. The van der Waals surface area contributed by atoms with Crippen LogP contribution in [0.3, 0.4) is 0 Å². The average Bonchev–Trinajstić information content (AvgIpc) is 3.52. The Morgan fingerprint density at radius 1 is 1.12 bits per heavy atom. The van der Waals surface area contributed by atoms with Crippen LogP contribution < -0.4 is 10.6 Å². The number of para-hydroxylation sites is 1. The number of hydrogen-bond donors (Lipinski definition) is 3. The number of amides is 1. The zero-order valence-corrected chi connectivity index (χ0v) is 17.5. The maximum absolute atomic E-state index is 12.8. The molecule has 0 aliphatic heterocycles. The number of aromatic nitrogens is 2. The Labute approximate surface area is 187 Å². The van der Waals surface area contributed by atoms with Crippen molar-refractivity contribution in [3.63, 3.8) is 0 Å². The first-order valence-corrected chi connectivity index (χ1v) is 10.8. The maximum Gasteiger partial charge on any atom is 0.392 e. The normalized spacial score (nSPS) is 19.7. The average molecular weight is 454 g/mol. The smallest absolute Gasteiger partial charge is 0.356 e. The van der Waals surface area contributed by atoms with Crippen molar-refractivity contribution in [2.75, 3.05) is 10.6 Å². The van der Waals surface area contributed by atoms with Crippen LogP contribution in [0.2, 0.25) is 0 Å². The summed E-state index contributed by atoms with van der Waals surface area (Å²) < 4.78 is 38.4. The van der Waals surface area contributed by atoms with Gasteiger partial charge in [-0.1, -0.05) is 18.2 Å². The molecule has 1 aromatic carbocycles. The van der Waals surface area contributed by atoms with Crippen molar-refractivity contribution in [2.24, 2.45) is 11.8 Å². The largest absolute Gasteiger partial charge is 0.392 e. The molecule has 5 rings (SSSR count). The van der Waals surface area contributed by atoms with Gasteiger partial charge in [0.15, 0.2) is 5.78 Å². The lowest BCUT2D eigenvalue weighted by molar-refractivity contribution is -0.153. The number of H-pyrrole nitrogens is 1. The second kappa shape index (κ2) is 8.06. The fourth-order valence-corrected chi connectivity index (χ4v) is 4.32. The lowest BCUT2D eigenvalue weighted by atomic mass is 9.95. The summed E-state index contributed by atoms with van der Waals surface area (Å²) in [5.74, 6) is -3.16. The number of aryl methyl sites for hydroxylation is 1. The molecule has 2 aromatic heterocycles. The van der Waals surface area contributed by atoms with E-state index in [0.29, 0.717) is 28.9 Å². The standard InChI is InChI=1S/C24H21F3N4O2/c25-24(26,27)16-12-15(16)23(33)31-19-11-13(9-10-28-19)21-22(29-14-5-2-1-3-6-14)20-17(30-21)7-4-8-18(20)32/h1-3,5-6,9-11,15-16,29-30H,4,7-8,12H2,(H,28,31,33). The van der Waals surface area contributed by atoms with E-state index in [0.717, 1.165) is 24.2 Å². The molecule has 2 heterocycles. The summed E-state index contributed by atoms with van der Waals surface area (Å²) >= 11 is 0. The molecule has 2 aliphatic carbocycles. The van der Waals surface area contributed by atoms with Crippen LogP contribution in [-0.2, 0) is 11.2 Å². The third kappa shape index (κ3) is 4.22. The number of nitrogens with zero attached hydrogens (tertiary/aromatic N) is 1. The number of halogens is 3. The van der Waals surface area contributed by atoms with Crippen LogP contribution in [-0.4, -0.2) is 27.8 Å². The van der Waals surface area contributed by atoms with Crippen molar-refractivity contribution < 1.29 is 22.8 Å². The molecule has 33 heavy (non-hydrogen) atoms. The van der Waals surface area contributed by atoms with Gasteiger partial charge < -0.3 is 15.6 Å². The monoisotopic (exact) mass is 454 g/mol. The summed E-state index contributed by atoms with van der Waals surface area (Å²) in [7, 11) is 0. The Morgan fingerprint density at radius 3 is 2.64 bits per heavy atom. The molecule has 170 valence electrons. The molecule has 0 bridgehead atoms. The van der Waals surface area contributed by atoms with E-state index < -0.39 is 23.9 Å². The highest BCUT2D eigenvalue weighted by Crippen LogP contribution is 2.50. The highest BCUT2D eigenvalue weighted by molar-refractivity contribution is 6.07. The number of rotatable bonds is 5. The van der Waals surface area contributed by atoms with Crippen molar-refractivity contribution in [1.29, 1.82) is 0 Å². The third-order valence-electron chi connectivity index (χ3n) is 6.08. The molecular weight excluding hydrogens is 433 g/mol. The number of anilines is 3. The Hall–Kier alpha value is -3.62. The Bertz CT molecular complexity index is 1220. The van der Waals surface area contributed by atoms with E-state index in [9.17, 15) is 22.8 Å². The van der Waals surface area contributed by atoms with Gasteiger partial charge in [0.05, 0.1) is 28.8 Å². The van der Waals surface area contributed by atoms with Crippen LogP contribution in [0, 0.1) is 11.8 Å². The lowest BCUT2D eigenvalue weighted by Gasteiger charge is -2.14. The number of Topliss-reactive ketones (excluding diaryl/α,β-unsaturated/α-hetero) is 1. The zero-order valence-electron chi connectivity index (χ0n) is 17.5.